The minimum atomic E-state index is 0. The summed E-state index contributed by atoms with van der Waals surface area (Å²) in [5, 5.41) is 1.10. The van der Waals surface area contributed by atoms with E-state index in [4.69, 9.17) is 0 Å². The Morgan fingerprint density at radius 1 is 1.25 bits per heavy atom. The Kier molecular flexibility index (Phi) is 8.19. The molecule has 0 unspecified atom stereocenters. The van der Waals surface area contributed by atoms with E-state index >= 15 is 0 Å². The van der Waals surface area contributed by atoms with E-state index in [0.29, 0.717) is 0 Å². The van der Waals surface area contributed by atoms with Crippen LogP contribution in [0.5, 0.6) is 0 Å². The monoisotopic (exact) mass is 313 g/mol. The van der Waals surface area contributed by atoms with E-state index in [1.54, 1.807) is 12.4 Å². The lowest BCUT2D eigenvalue weighted by molar-refractivity contribution is 0.372. The van der Waals surface area contributed by atoms with Crippen LogP contribution in [0, 0.1) is 0 Å². The van der Waals surface area contributed by atoms with Crippen molar-refractivity contribution in [2.75, 3.05) is 25.9 Å². The van der Waals surface area contributed by atoms with Crippen molar-refractivity contribution in [3.05, 3.63) is 24.2 Å². The number of hydrogen-bond acceptors (Lipinski definition) is 4. The molecule has 0 atom stereocenters. The molecule has 1 aliphatic rings. The molecule has 0 fully saturated rings. The lowest BCUT2D eigenvalue weighted by Gasteiger charge is -2.23. The molecular formula is C15H24ClN3S. The van der Waals surface area contributed by atoms with Gasteiger partial charge in [0.1, 0.15) is 5.03 Å². The van der Waals surface area contributed by atoms with E-state index < -0.39 is 0 Å². The first-order valence-corrected chi connectivity index (χ1v) is 8.11. The highest BCUT2D eigenvalue weighted by atomic mass is 35.5. The van der Waals surface area contributed by atoms with Crippen molar-refractivity contribution < 1.29 is 0 Å². The Labute approximate surface area is 132 Å². The van der Waals surface area contributed by atoms with Gasteiger partial charge in [0, 0.05) is 25.5 Å². The zero-order valence-electron chi connectivity index (χ0n) is 12.3. The van der Waals surface area contributed by atoms with Crippen LogP contribution in [-0.2, 0) is 0 Å². The summed E-state index contributed by atoms with van der Waals surface area (Å²) in [6.07, 6.45) is 10.9. The van der Waals surface area contributed by atoms with E-state index in [1.165, 1.54) is 24.8 Å². The summed E-state index contributed by atoms with van der Waals surface area (Å²) in [6, 6.07) is 0. The molecule has 3 nitrogen and oxygen atoms in total. The van der Waals surface area contributed by atoms with Crippen molar-refractivity contribution in [3.8, 4) is 0 Å². The molecule has 5 heteroatoms. The van der Waals surface area contributed by atoms with Crippen LogP contribution in [0.15, 0.2) is 23.5 Å². The molecule has 1 aliphatic heterocycles. The van der Waals surface area contributed by atoms with Gasteiger partial charge in [0.2, 0.25) is 0 Å². The maximum atomic E-state index is 4.56. The Balaban J connectivity index is 0.00000200. The standard InChI is InChI=1S/C15H23N3S.ClH/c1-3-4-5-11-19-15-14(16-8-9-17-15)13-7-6-10-18(2)12-13;/h7-9H,3-6,10-12H2,1-2H3;1H. The largest absolute Gasteiger partial charge is 0.302 e. The quantitative estimate of drug-likeness (QED) is 0.588. The van der Waals surface area contributed by atoms with Crippen LogP contribution in [0.3, 0.4) is 0 Å². The zero-order valence-corrected chi connectivity index (χ0v) is 14.0. The third-order valence-corrected chi connectivity index (χ3v) is 4.36. The molecule has 0 amide bonds. The van der Waals surface area contributed by atoms with Crippen LogP contribution < -0.4 is 0 Å². The van der Waals surface area contributed by atoms with Crippen LogP contribution in [0.1, 0.15) is 38.3 Å². The summed E-state index contributed by atoms with van der Waals surface area (Å²) in [4.78, 5) is 11.4. The molecular weight excluding hydrogens is 290 g/mol. The highest BCUT2D eigenvalue weighted by molar-refractivity contribution is 7.99. The van der Waals surface area contributed by atoms with Crippen LogP contribution in [0.25, 0.3) is 5.57 Å². The summed E-state index contributed by atoms with van der Waals surface area (Å²) in [7, 11) is 2.16. The van der Waals surface area contributed by atoms with Crippen molar-refractivity contribution in [3.63, 3.8) is 0 Å². The molecule has 0 aliphatic carbocycles. The number of hydrogen-bond donors (Lipinski definition) is 0. The first-order valence-electron chi connectivity index (χ1n) is 7.13. The summed E-state index contributed by atoms with van der Waals surface area (Å²) >= 11 is 1.85. The lowest BCUT2D eigenvalue weighted by Crippen LogP contribution is -2.25. The van der Waals surface area contributed by atoms with Crippen molar-refractivity contribution >= 4 is 29.7 Å². The normalized spacial score (nSPS) is 15.6. The third kappa shape index (κ3) is 5.08. The molecule has 1 aromatic rings. The number of aromatic nitrogens is 2. The summed E-state index contributed by atoms with van der Waals surface area (Å²) in [5.74, 6) is 1.14. The number of likely N-dealkylation sites (N-methyl/N-ethyl adjacent to an activating group) is 1. The van der Waals surface area contributed by atoms with Crippen molar-refractivity contribution in [2.24, 2.45) is 0 Å². The highest BCUT2D eigenvalue weighted by Gasteiger charge is 2.15. The number of nitrogens with zero attached hydrogens (tertiary/aromatic N) is 3. The lowest BCUT2D eigenvalue weighted by atomic mass is 10.1. The molecule has 0 saturated heterocycles. The fourth-order valence-corrected chi connectivity index (χ4v) is 3.23. The van der Waals surface area contributed by atoms with Gasteiger partial charge in [0.05, 0.1) is 5.69 Å². The average Bonchev–Trinajstić information content (AvgIpc) is 2.44. The van der Waals surface area contributed by atoms with Gasteiger partial charge >= 0.3 is 0 Å². The van der Waals surface area contributed by atoms with Gasteiger partial charge in [0.15, 0.2) is 0 Å². The topological polar surface area (TPSA) is 29.0 Å². The first kappa shape index (κ1) is 17.5. The molecule has 0 radical (unpaired) electrons. The number of unbranched alkanes of at least 4 members (excludes halogenated alkanes) is 2. The maximum Gasteiger partial charge on any atom is 0.122 e. The van der Waals surface area contributed by atoms with Gasteiger partial charge < -0.3 is 4.90 Å². The second-order valence-electron chi connectivity index (χ2n) is 5.02. The van der Waals surface area contributed by atoms with Gasteiger partial charge in [-0.1, -0.05) is 25.8 Å². The van der Waals surface area contributed by atoms with E-state index in [-0.39, 0.29) is 12.4 Å². The summed E-state index contributed by atoms with van der Waals surface area (Å²) in [5.41, 5.74) is 2.43. The molecule has 0 bridgehead atoms. The molecule has 0 aromatic carbocycles. The number of rotatable bonds is 6. The van der Waals surface area contributed by atoms with Crippen molar-refractivity contribution in [1.29, 1.82) is 0 Å². The van der Waals surface area contributed by atoms with Crippen LogP contribution in [0.2, 0.25) is 0 Å². The molecule has 0 N–H and O–H groups in total. The molecule has 112 valence electrons. The smallest absolute Gasteiger partial charge is 0.122 e. The zero-order chi connectivity index (χ0) is 13.5. The second kappa shape index (κ2) is 9.37. The van der Waals surface area contributed by atoms with Gasteiger partial charge in [-0.3, -0.25) is 4.98 Å². The Morgan fingerprint density at radius 3 is 2.80 bits per heavy atom. The molecule has 2 rings (SSSR count). The van der Waals surface area contributed by atoms with Crippen molar-refractivity contribution in [2.45, 2.75) is 37.6 Å². The number of thioether (sulfide) groups is 1. The van der Waals surface area contributed by atoms with Gasteiger partial charge in [-0.2, -0.15) is 0 Å². The van der Waals surface area contributed by atoms with E-state index in [2.05, 4.69) is 34.9 Å². The van der Waals surface area contributed by atoms with Crippen LogP contribution >= 0.6 is 24.2 Å². The fourth-order valence-electron chi connectivity index (χ4n) is 2.24. The second-order valence-corrected chi connectivity index (χ2v) is 6.11. The fraction of sp³-hybridized carbons (Fsp3) is 0.600. The molecule has 0 saturated carbocycles. The summed E-state index contributed by atoms with van der Waals surface area (Å²) in [6.45, 7) is 4.37. The van der Waals surface area contributed by atoms with Gasteiger partial charge in [-0.15, -0.1) is 24.2 Å². The molecule has 1 aromatic heterocycles. The SMILES string of the molecule is CCCCCSc1nccnc1C1=CCCN(C)C1.Cl. The molecule has 0 spiro atoms. The van der Waals surface area contributed by atoms with Crippen molar-refractivity contribution in [1.82, 2.24) is 14.9 Å². The van der Waals surface area contributed by atoms with E-state index in [0.717, 1.165) is 36.0 Å². The minimum absolute atomic E-state index is 0. The third-order valence-electron chi connectivity index (χ3n) is 3.30. The molecule has 20 heavy (non-hydrogen) atoms. The first-order chi connectivity index (χ1) is 9.31. The Hall–Kier alpha value is -0.580. The summed E-state index contributed by atoms with van der Waals surface area (Å²) < 4.78 is 0. The van der Waals surface area contributed by atoms with Gasteiger partial charge in [-0.05, 0) is 31.2 Å². The number of halogens is 1. The predicted molar refractivity (Wildman–Crippen MR) is 89.6 cm³/mol. The van der Waals surface area contributed by atoms with Crippen LogP contribution in [0.4, 0.5) is 0 Å². The molecule has 2 heterocycles. The Bertz CT molecular complexity index is 437. The van der Waals surface area contributed by atoms with Crippen LogP contribution in [-0.4, -0.2) is 40.8 Å². The Morgan fingerprint density at radius 2 is 2.05 bits per heavy atom. The predicted octanol–water partition coefficient (Wildman–Crippen LogP) is 3.90. The van der Waals surface area contributed by atoms with E-state index in [9.17, 15) is 0 Å². The highest BCUT2D eigenvalue weighted by Crippen LogP contribution is 2.27. The average molecular weight is 314 g/mol. The van der Waals surface area contributed by atoms with Gasteiger partial charge in [-0.25, -0.2) is 4.98 Å². The van der Waals surface area contributed by atoms with Gasteiger partial charge in [0.25, 0.3) is 0 Å². The maximum absolute atomic E-state index is 4.56. The minimum Gasteiger partial charge on any atom is -0.302 e. The van der Waals surface area contributed by atoms with E-state index in [1.807, 2.05) is 11.8 Å².